The highest BCUT2D eigenvalue weighted by atomic mass is 16.3. The lowest BCUT2D eigenvalue weighted by Gasteiger charge is -2.30. The van der Waals surface area contributed by atoms with Gasteiger partial charge in [0, 0.05) is 82.6 Å². The third-order valence-electron chi connectivity index (χ3n) is 18.3. The maximum atomic E-state index is 15.2. The van der Waals surface area contributed by atoms with E-state index >= 15 is 24.0 Å². The number of fused-ring (bicyclic) bond motifs is 1. The molecule has 0 radical (unpaired) electrons. The van der Waals surface area contributed by atoms with Crippen molar-refractivity contribution in [1.29, 1.82) is 32.5 Å². The molecule has 0 bridgehead atoms. The number of H-pyrrole nitrogens is 1. The van der Waals surface area contributed by atoms with Crippen molar-refractivity contribution in [2.24, 2.45) is 46.1 Å². The number of carbonyl (C=O) groups is 11. The first-order valence-corrected chi connectivity index (χ1v) is 37.9. The molecule has 4 aromatic rings. The molecular formula is C73H116N30O13. The summed E-state index contributed by atoms with van der Waals surface area (Å²) in [6.45, 7) is 4.85. The summed E-state index contributed by atoms with van der Waals surface area (Å²) in [5.74, 6) is -13.1. The zero-order chi connectivity index (χ0) is 86.0. The van der Waals surface area contributed by atoms with Crippen LogP contribution in [-0.4, -0.2) is 216 Å². The van der Waals surface area contributed by atoms with E-state index in [1.165, 1.54) is 55.5 Å². The van der Waals surface area contributed by atoms with E-state index in [1.54, 1.807) is 44.3 Å². The molecule has 43 nitrogen and oxygen atoms in total. The van der Waals surface area contributed by atoms with E-state index in [2.05, 4.69) is 90.1 Å². The van der Waals surface area contributed by atoms with Gasteiger partial charge in [0.1, 0.15) is 71.9 Å². The molecule has 3 aromatic carbocycles. The van der Waals surface area contributed by atoms with Crippen molar-refractivity contribution in [2.45, 2.75) is 184 Å². The van der Waals surface area contributed by atoms with Crippen LogP contribution in [0.15, 0.2) is 79.0 Å². The minimum absolute atomic E-state index is 0.0107. The SMILES string of the molecule is CC[C@@H](C)[C@@H](NC(=O)[C@@H](CCCNC(=N)N)NC(=O)[C@@H](CCCNC(=N)N)NC(=O)[C@@H](CCCNC(=N)N)NC(=O)[C@@H](Cc1c[nH]c2ccccc12)NC(=O)[C@@H](CCCNC(=N)N)NC(=O)[C@@H](CCCNC(=N)N)NC(C)=O)C(=O)N[C@H](Cc1ccc(O)cc1)C(=O)N[C@H](Cc1ccc(O)cc1)C(=O)N[C@H](CCCNC(=N)N)C(N)=O. The molecule has 11 amide bonds. The second kappa shape index (κ2) is 49.9. The number of aromatic nitrogens is 1. The van der Waals surface area contributed by atoms with Crippen molar-refractivity contribution < 1.29 is 63.0 Å². The molecule has 0 fully saturated rings. The molecule has 1 heterocycles. The third kappa shape index (κ3) is 35.9. The van der Waals surface area contributed by atoms with Crippen LogP contribution in [0.4, 0.5) is 0 Å². The van der Waals surface area contributed by atoms with E-state index in [-0.39, 0.29) is 171 Å². The van der Waals surface area contributed by atoms with Gasteiger partial charge in [-0.15, -0.1) is 0 Å². The summed E-state index contributed by atoms with van der Waals surface area (Å²) >= 11 is 0. The summed E-state index contributed by atoms with van der Waals surface area (Å²) in [4.78, 5) is 162. The quantitative estimate of drug-likeness (QED) is 0.0111. The highest BCUT2D eigenvalue weighted by Crippen LogP contribution is 2.21. The van der Waals surface area contributed by atoms with Crippen LogP contribution in [-0.2, 0) is 72.0 Å². The summed E-state index contributed by atoms with van der Waals surface area (Å²) in [6.07, 6.45) is 0.987. The fraction of sp³-hybridized carbons (Fsp3) is 0.493. The molecule has 0 aliphatic heterocycles. The van der Waals surface area contributed by atoms with Crippen LogP contribution in [0, 0.1) is 38.4 Å². The highest BCUT2D eigenvalue weighted by Gasteiger charge is 2.38. The molecule has 0 aliphatic rings. The Bertz CT molecular complexity index is 4010. The zero-order valence-electron chi connectivity index (χ0n) is 65.3. The monoisotopic (exact) mass is 1620 g/mol. The summed E-state index contributed by atoms with van der Waals surface area (Å²) < 4.78 is 0. The first-order valence-electron chi connectivity index (χ1n) is 37.9. The lowest BCUT2D eigenvalue weighted by molar-refractivity contribution is -0.136. The number of aromatic hydroxyl groups is 2. The van der Waals surface area contributed by atoms with Gasteiger partial charge in [0.2, 0.25) is 65.0 Å². The number of nitrogens with one attached hydrogen (secondary N) is 23. The molecule has 39 N–H and O–H groups in total. The second-order valence-electron chi connectivity index (χ2n) is 27.7. The lowest BCUT2D eigenvalue weighted by atomic mass is 9.96. The Hall–Kier alpha value is -13.4. The number of phenolic OH excluding ortho intramolecular Hbond substituents is 2. The second-order valence-corrected chi connectivity index (χ2v) is 27.7. The van der Waals surface area contributed by atoms with E-state index < -0.39 is 149 Å². The lowest BCUT2D eigenvalue weighted by Crippen LogP contribution is -2.61. The zero-order valence-corrected chi connectivity index (χ0v) is 65.3. The molecule has 11 atom stereocenters. The van der Waals surface area contributed by atoms with Crippen LogP contribution < -0.4 is 125 Å². The Labute approximate surface area is 670 Å². The third-order valence-corrected chi connectivity index (χ3v) is 18.3. The Balaban J connectivity index is 1.78. The van der Waals surface area contributed by atoms with Gasteiger partial charge in [0.25, 0.3) is 0 Å². The average Bonchev–Trinajstić information content (AvgIpc) is 1.66. The highest BCUT2D eigenvalue weighted by molar-refractivity contribution is 6.00. The maximum Gasteiger partial charge on any atom is 0.243 e. The predicted octanol–water partition coefficient (Wildman–Crippen LogP) is -5.41. The number of guanidine groups is 6. The number of nitrogens with two attached hydrogens (primary N) is 7. The molecule has 4 rings (SSSR count). The van der Waals surface area contributed by atoms with Crippen molar-refractivity contribution >= 4 is 112 Å². The molecule has 0 unspecified atom stereocenters. The first kappa shape index (κ1) is 95.0. The summed E-state index contributed by atoms with van der Waals surface area (Å²) in [6, 6.07) is 3.68. The van der Waals surface area contributed by atoms with Gasteiger partial charge in [-0.2, -0.15) is 0 Å². The molecule has 116 heavy (non-hydrogen) atoms. The van der Waals surface area contributed by atoms with Crippen LogP contribution in [0.3, 0.4) is 0 Å². The Morgan fingerprint density at radius 3 is 0.957 bits per heavy atom. The van der Waals surface area contributed by atoms with Gasteiger partial charge < -0.3 is 140 Å². The van der Waals surface area contributed by atoms with Crippen LogP contribution in [0.5, 0.6) is 11.5 Å². The fourth-order valence-corrected chi connectivity index (χ4v) is 12.1. The van der Waals surface area contributed by atoms with Gasteiger partial charge in [-0.3, -0.25) is 85.2 Å². The van der Waals surface area contributed by atoms with Crippen molar-refractivity contribution in [3.8, 4) is 11.5 Å². The number of primary amides is 1. The van der Waals surface area contributed by atoms with E-state index in [9.17, 15) is 39.0 Å². The van der Waals surface area contributed by atoms with E-state index in [4.69, 9.17) is 72.6 Å². The number of para-hydroxylation sites is 1. The molecule has 0 saturated heterocycles. The van der Waals surface area contributed by atoms with Crippen molar-refractivity contribution in [3.05, 3.63) is 95.7 Å². The van der Waals surface area contributed by atoms with Gasteiger partial charge in [-0.25, -0.2) is 0 Å². The number of carbonyl (C=O) groups excluding carboxylic acids is 11. The fourth-order valence-electron chi connectivity index (χ4n) is 12.1. The van der Waals surface area contributed by atoms with Gasteiger partial charge in [-0.1, -0.05) is 62.7 Å². The largest absolute Gasteiger partial charge is 0.508 e. The number of benzene rings is 3. The van der Waals surface area contributed by atoms with Gasteiger partial charge in [0.15, 0.2) is 35.8 Å². The molecular weight excluding hydrogens is 1500 g/mol. The number of aromatic amines is 1. The minimum atomic E-state index is -1.59. The van der Waals surface area contributed by atoms with Crippen molar-refractivity contribution in [2.75, 3.05) is 39.3 Å². The molecule has 1 aromatic heterocycles. The Morgan fingerprint density at radius 2 is 0.638 bits per heavy atom. The van der Waals surface area contributed by atoms with E-state index in [0.717, 1.165) is 0 Å². The van der Waals surface area contributed by atoms with Crippen LogP contribution in [0.1, 0.15) is 121 Å². The number of hydrogen-bond donors (Lipinski definition) is 32. The van der Waals surface area contributed by atoms with Crippen LogP contribution in [0.25, 0.3) is 10.9 Å². The molecule has 636 valence electrons. The number of rotatable bonds is 52. The van der Waals surface area contributed by atoms with Crippen LogP contribution in [0.2, 0.25) is 0 Å². The Kier molecular flexibility index (Phi) is 40.8. The van der Waals surface area contributed by atoms with Gasteiger partial charge in [0.05, 0.1) is 0 Å². The topological polar surface area (TPSA) is 762 Å². The van der Waals surface area contributed by atoms with E-state index in [1.807, 2.05) is 0 Å². The molecule has 0 saturated carbocycles. The van der Waals surface area contributed by atoms with Gasteiger partial charge in [-0.05, 0) is 130 Å². The van der Waals surface area contributed by atoms with Crippen molar-refractivity contribution in [1.82, 2.24) is 90.1 Å². The first-order chi connectivity index (χ1) is 55.0. The minimum Gasteiger partial charge on any atom is -0.508 e. The predicted molar refractivity (Wildman–Crippen MR) is 434 cm³/mol. The summed E-state index contributed by atoms with van der Waals surface area (Å²) in [5.41, 5.74) is 41.0. The standard InChI is InChI=1S/C73H116N30O13/c1-4-39(2)57(67(116)102-55(36-42-23-27-45(106)28-24-42)65(114)100-54(35-41-21-25-44(105)26-22-41)64(113)95-48(58(74)107)15-7-29-87-68(75)76)103-63(112)53(20-12-34-92-73(85)86)98-60(109)50(17-9-31-89-70(79)80)97-61(110)51(18-10-32-90-71(81)82)99-66(115)56(37-43-38-93-47-14-6-5-13-46(43)47)101-62(111)52(19-11-33-91-72(83)84)96-59(108)49(94-40(3)104)16-8-30-88-69(77)78/h5-6,13-14,21-28,38-39,48-57,93,105-106H,4,7-12,15-20,29-37H2,1-3H3,(H2,74,107)(H,94,104)(H,95,113)(H,96,108)(H,97,110)(H,98,109)(H,99,115)(H,100,114)(H,101,111)(H,102,116)(H,103,112)(H4,75,76,87)(H4,77,78,88)(H4,79,80,89)(H4,81,82,90)(H4,83,84,91)(H4,85,86,92)/t39-,48-,49-,50-,51-,52-,53-,54-,55-,56-,57-/m1/s1. The van der Waals surface area contributed by atoms with Crippen molar-refractivity contribution in [3.63, 3.8) is 0 Å². The number of amides is 11. The summed E-state index contributed by atoms with van der Waals surface area (Å²) in [5, 5.41) is 110. The number of phenols is 2. The molecule has 0 aliphatic carbocycles. The normalized spacial score (nSPS) is 13.7. The van der Waals surface area contributed by atoms with Gasteiger partial charge >= 0.3 is 0 Å². The molecule has 43 heteroatoms. The van der Waals surface area contributed by atoms with E-state index in [0.29, 0.717) is 27.6 Å². The molecule has 0 spiro atoms. The number of hydrogen-bond acceptors (Lipinski definition) is 19. The Morgan fingerprint density at radius 1 is 0.362 bits per heavy atom. The maximum absolute atomic E-state index is 15.2. The summed E-state index contributed by atoms with van der Waals surface area (Å²) in [7, 11) is 0. The van der Waals surface area contributed by atoms with Crippen LogP contribution >= 0.6 is 0 Å². The average molecular weight is 1620 g/mol. The smallest absolute Gasteiger partial charge is 0.243 e.